The molecule has 0 aromatic heterocycles. The first-order valence-electron chi connectivity index (χ1n) is 9.51. The first kappa shape index (κ1) is 19.4. The number of non-ortho nitro benzene ring substituents is 1. The molecule has 2 aromatic rings. The van der Waals surface area contributed by atoms with Crippen LogP contribution in [0, 0.1) is 10.1 Å². The molecular weight excluding hydrogens is 390 g/mol. The summed E-state index contributed by atoms with van der Waals surface area (Å²) in [5.74, 6) is 0.283. The zero-order valence-electron chi connectivity index (χ0n) is 16.2. The largest absolute Gasteiger partial charge is 0.454 e. The summed E-state index contributed by atoms with van der Waals surface area (Å²) in [7, 11) is 0. The second-order valence-corrected chi connectivity index (χ2v) is 6.86. The molecule has 0 fully saturated rings. The number of carbonyl (C=O) groups excluding carboxylic acids is 2. The average molecular weight is 409 g/mol. The van der Waals surface area contributed by atoms with Gasteiger partial charge in [-0.3, -0.25) is 24.6 Å². The standard InChI is InChI=1S/C21H19N3O6/c1-2-3-10-23-20(25)18(13-4-7-15(8-5-13)24(27)28)19(21(23)26)22-14-6-9-16-17(11-14)30-12-29-16/h4-9,11,22H,2-3,10,12H2,1H3. The first-order chi connectivity index (χ1) is 14.5. The fraction of sp³-hybridized carbons (Fsp3) is 0.238. The second-order valence-electron chi connectivity index (χ2n) is 6.86. The van der Waals surface area contributed by atoms with E-state index in [2.05, 4.69) is 5.32 Å². The number of nitrogens with zero attached hydrogens (tertiary/aromatic N) is 2. The van der Waals surface area contributed by atoms with E-state index in [1.807, 2.05) is 6.92 Å². The number of unbranched alkanes of at least 4 members (excludes halogenated alkanes) is 1. The summed E-state index contributed by atoms with van der Waals surface area (Å²) in [6.07, 6.45) is 1.51. The van der Waals surface area contributed by atoms with Gasteiger partial charge in [0.05, 0.1) is 10.5 Å². The number of ether oxygens (including phenoxy) is 2. The Morgan fingerprint density at radius 3 is 2.50 bits per heavy atom. The van der Waals surface area contributed by atoms with Crippen LogP contribution in [0.2, 0.25) is 0 Å². The molecule has 0 aliphatic carbocycles. The van der Waals surface area contributed by atoms with Gasteiger partial charge in [0.25, 0.3) is 17.5 Å². The maximum Gasteiger partial charge on any atom is 0.278 e. The van der Waals surface area contributed by atoms with E-state index in [1.165, 1.54) is 29.2 Å². The van der Waals surface area contributed by atoms with E-state index < -0.39 is 16.7 Å². The third-order valence-corrected chi connectivity index (χ3v) is 4.91. The zero-order chi connectivity index (χ0) is 21.3. The van der Waals surface area contributed by atoms with Crippen molar-refractivity contribution in [3.63, 3.8) is 0 Å². The van der Waals surface area contributed by atoms with Crippen LogP contribution in [0.1, 0.15) is 25.3 Å². The third-order valence-electron chi connectivity index (χ3n) is 4.91. The number of hydrogen-bond donors (Lipinski definition) is 1. The van der Waals surface area contributed by atoms with Crippen molar-refractivity contribution in [2.24, 2.45) is 0 Å². The van der Waals surface area contributed by atoms with Crippen LogP contribution in [0.4, 0.5) is 11.4 Å². The van der Waals surface area contributed by atoms with Crippen molar-refractivity contribution >= 4 is 28.8 Å². The Balaban J connectivity index is 1.73. The van der Waals surface area contributed by atoms with Gasteiger partial charge in [-0.1, -0.05) is 13.3 Å². The van der Waals surface area contributed by atoms with Crippen molar-refractivity contribution in [2.75, 3.05) is 18.7 Å². The lowest BCUT2D eigenvalue weighted by molar-refractivity contribution is -0.384. The molecular formula is C21H19N3O6. The highest BCUT2D eigenvalue weighted by molar-refractivity contribution is 6.36. The van der Waals surface area contributed by atoms with Gasteiger partial charge < -0.3 is 14.8 Å². The van der Waals surface area contributed by atoms with Gasteiger partial charge in [0.2, 0.25) is 6.79 Å². The molecule has 0 atom stereocenters. The summed E-state index contributed by atoms with van der Waals surface area (Å²) in [5.41, 5.74) is 1.21. The smallest absolute Gasteiger partial charge is 0.278 e. The summed E-state index contributed by atoms with van der Waals surface area (Å²) in [6, 6.07) is 10.7. The molecule has 1 N–H and O–H groups in total. The van der Waals surface area contributed by atoms with Gasteiger partial charge >= 0.3 is 0 Å². The number of hydrogen-bond acceptors (Lipinski definition) is 7. The molecule has 2 aliphatic rings. The molecule has 2 amide bonds. The lowest BCUT2D eigenvalue weighted by Crippen LogP contribution is -2.33. The quantitative estimate of drug-likeness (QED) is 0.424. The van der Waals surface area contributed by atoms with Crippen molar-refractivity contribution < 1.29 is 24.0 Å². The number of rotatable bonds is 7. The molecule has 9 heteroatoms. The molecule has 0 saturated heterocycles. The highest BCUT2D eigenvalue weighted by Crippen LogP contribution is 2.36. The normalized spacial score (nSPS) is 15.2. The second kappa shape index (κ2) is 7.86. The number of imide groups is 1. The molecule has 2 heterocycles. The van der Waals surface area contributed by atoms with E-state index in [1.54, 1.807) is 18.2 Å². The average Bonchev–Trinajstić information content (AvgIpc) is 3.29. The summed E-state index contributed by atoms with van der Waals surface area (Å²) in [6.45, 7) is 2.40. The Hall–Kier alpha value is -3.88. The molecule has 4 rings (SSSR count). The Morgan fingerprint density at radius 2 is 1.80 bits per heavy atom. The number of nitro groups is 1. The molecule has 0 bridgehead atoms. The van der Waals surface area contributed by atoms with Crippen LogP contribution in [0.15, 0.2) is 48.2 Å². The van der Waals surface area contributed by atoms with Crippen molar-refractivity contribution in [1.82, 2.24) is 4.90 Å². The number of benzene rings is 2. The van der Waals surface area contributed by atoms with Crippen LogP contribution in [-0.4, -0.2) is 35.0 Å². The highest BCUT2D eigenvalue weighted by atomic mass is 16.7. The van der Waals surface area contributed by atoms with E-state index in [0.717, 1.165) is 6.42 Å². The topological polar surface area (TPSA) is 111 Å². The number of carbonyl (C=O) groups is 2. The van der Waals surface area contributed by atoms with Crippen molar-refractivity contribution in [1.29, 1.82) is 0 Å². The maximum absolute atomic E-state index is 13.1. The molecule has 9 nitrogen and oxygen atoms in total. The monoisotopic (exact) mass is 409 g/mol. The Bertz CT molecular complexity index is 1060. The van der Waals surface area contributed by atoms with Gasteiger partial charge in [0.15, 0.2) is 11.5 Å². The minimum Gasteiger partial charge on any atom is -0.454 e. The van der Waals surface area contributed by atoms with E-state index >= 15 is 0 Å². The van der Waals surface area contributed by atoms with Crippen molar-refractivity contribution in [2.45, 2.75) is 19.8 Å². The maximum atomic E-state index is 13.1. The summed E-state index contributed by atoms with van der Waals surface area (Å²) >= 11 is 0. The van der Waals surface area contributed by atoms with Crippen LogP contribution in [0.3, 0.4) is 0 Å². The minimum atomic E-state index is -0.515. The predicted octanol–water partition coefficient (Wildman–Crippen LogP) is 3.32. The van der Waals surface area contributed by atoms with Crippen LogP contribution in [0.25, 0.3) is 5.57 Å². The van der Waals surface area contributed by atoms with E-state index in [-0.39, 0.29) is 23.8 Å². The lowest BCUT2D eigenvalue weighted by atomic mass is 10.0. The summed E-state index contributed by atoms with van der Waals surface area (Å²) in [4.78, 5) is 37.7. The Kier molecular flexibility index (Phi) is 5.09. The van der Waals surface area contributed by atoms with Gasteiger partial charge in [-0.25, -0.2) is 0 Å². The van der Waals surface area contributed by atoms with Crippen molar-refractivity contribution in [3.8, 4) is 11.5 Å². The number of nitrogens with one attached hydrogen (secondary N) is 1. The summed E-state index contributed by atoms with van der Waals surface area (Å²) < 4.78 is 10.7. The molecule has 0 unspecified atom stereocenters. The summed E-state index contributed by atoms with van der Waals surface area (Å²) in [5, 5.41) is 14.0. The molecule has 154 valence electrons. The van der Waals surface area contributed by atoms with Gasteiger partial charge in [-0.2, -0.15) is 0 Å². The Labute approximate surface area is 172 Å². The van der Waals surface area contributed by atoms with E-state index in [4.69, 9.17) is 9.47 Å². The Morgan fingerprint density at radius 1 is 1.07 bits per heavy atom. The molecule has 30 heavy (non-hydrogen) atoms. The minimum absolute atomic E-state index is 0.0933. The molecule has 0 saturated carbocycles. The predicted molar refractivity (Wildman–Crippen MR) is 108 cm³/mol. The molecule has 0 spiro atoms. The van der Waals surface area contributed by atoms with Crippen LogP contribution in [-0.2, 0) is 9.59 Å². The third kappa shape index (κ3) is 3.45. The molecule has 0 radical (unpaired) electrons. The highest BCUT2D eigenvalue weighted by Gasteiger charge is 2.39. The SMILES string of the molecule is CCCCN1C(=O)C(Nc2ccc3c(c2)OCO3)=C(c2ccc([N+](=O)[O-])cc2)C1=O. The van der Waals surface area contributed by atoms with Gasteiger partial charge in [-0.15, -0.1) is 0 Å². The zero-order valence-corrected chi connectivity index (χ0v) is 16.2. The lowest BCUT2D eigenvalue weighted by Gasteiger charge is -2.14. The fourth-order valence-corrected chi connectivity index (χ4v) is 3.35. The van der Waals surface area contributed by atoms with Gasteiger partial charge in [-0.05, 0) is 36.2 Å². The van der Waals surface area contributed by atoms with Gasteiger partial charge in [0, 0.05) is 30.4 Å². The molecule has 2 aromatic carbocycles. The van der Waals surface area contributed by atoms with E-state index in [0.29, 0.717) is 35.7 Å². The molecule has 2 aliphatic heterocycles. The van der Waals surface area contributed by atoms with Crippen LogP contribution in [0.5, 0.6) is 11.5 Å². The number of anilines is 1. The van der Waals surface area contributed by atoms with Crippen LogP contribution < -0.4 is 14.8 Å². The number of fused-ring (bicyclic) bond motifs is 1. The number of amides is 2. The van der Waals surface area contributed by atoms with E-state index in [9.17, 15) is 19.7 Å². The number of nitro benzene ring substituents is 1. The fourth-order valence-electron chi connectivity index (χ4n) is 3.35. The van der Waals surface area contributed by atoms with Gasteiger partial charge in [0.1, 0.15) is 5.70 Å². The van der Waals surface area contributed by atoms with Crippen LogP contribution >= 0.6 is 0 Å². The first-order valence-corrected chi connectivity index (χ1v) is 9.51. The van der Waals surface area contributed by atoms with Crippen molar-refractivity contribution in [3.05, 3.63) is 63.8 Å².